The zero-order chi connectivity index (χ0) is 10.9. The second-order valence-corrected chi connectivity index (χ2v) is 3.64. The zero-order valence-corrected chi connectivity index (χ0v) is 9.02. The number of aliphatic hydroxyl groups excluding tert-OH is 1. The summed E-state index contributed by atoms with van der Waals surface area (Å²) in [5.41, 5.74) is 1.24. The van der Waals surface area contributed by atoms with Crippen LogP contribution in [0.25, 0.3) is 0 Å². The fraction of sp³-hybridized carbons (Fsp3) is 0.385. The van der Waals surface area contributed by atoms with E-state index in [1.807, 2.05) is 24.3 Å². The lowest BCUT2D eigenvalue weighted by Crippen LogP contribution is -2.26. The van der Waals surface area contributed by atoms with Crippen molar-refractivity contribution in [3.05, 3.63) is 48.6 Å². The van der Waals surface area contributed by atoms with Crippen LogP contribution in [0.5, 0.6) is 0 Å². The van der Waals surface area contributed by atoms with Crippen LogP contribution in [0.2, 0.25) is 0 Å². The highest BCUT2D eigenvalue weighted by atomic mass is 16.3. The highest BCUT2D eigenvalue weighted by molar-refractivity contribution is 5.14. The summed E-state index contributed by atoms with van der Waals surface area (Å²) in [6.07, 6.45) is 3.21. The largest absolute Gasteiger partial charge is 0.392 e. The molecule has 0 aromatic heterocycles. The first-order valence-electron chi connectivity index (χ1n) is 5.36. The Hall–Kier alpha value is -1.12. The molecule has 0 amide bonds. The van der Waals surface area contributed by atoms with Gasteiger partial charge in [-0.3, -0.25) is 0 Å². The predicted molar refractivity (Wildman–Crippen MR) is 63.6 cm³/mol. The van der Waals surface area contributed by atoms with Gasteiger partial charge in [-0.1, -0.05) is 36.4 Å². The first-order valence-corrected chi connectivity index (χ1v) is 5.36. The van der Waals surface area contributed by atoms with Crippen molar-refractivity contribution in [1.29, 1.82) is 0 Å². The summed E-state index contributed by atoms with van der Waals surface area (Å²) in [7, 11) is 0. The normalized spacial score (nSPS) is 12.3. The Balaban J connectivity index is 2.13. The summed E-state index contributed by atoms with van der Waals surface area (Å²) in [5.74, 6) is 0. The lowest BCUT2D eigenvalue weighted by atomic mass is 10.2. The van der Waals surface area contributed by atoms with Crippen molar-refractivity contribution in [2.24, 2.45) is 0 Å². The topological polar surface area (TPSA) is 32.3 Å². The molecule has 1 atom stereocenters. The molecule has 15 heavy (non-hydrogen) atoms. The third-order valence-electron chi connectivity index (χ3n) is 2.26. The van der Waals surface area contributed by atoms with E-state index in [0.717, 1.165) is 19.4 Å². The summed E-state index contributed by atoms with van der Waals surface area (Å²) in [6.45, 7) is 5.08. The predicted octanol–water partition coefficient (Wildman–Crippen LogP) is 2.10. The Morgan fingerprint density at radius 2 is 2.07 bits per heavy atom. The third-order valence-corrected chi connectivity index (χ3v) is 2.26. The molecular weight excluding hydrogens is 186 g/mol. The average molecular weight is 205 g/mol. The summed E-state index contributed by atoms with van der Waals surface area (Å²) in [5, 5.41) is 12.8. The Kier molecular flexibility index (Phi) is 5.74. The van der Waals surface area contributed by atoms with Crippen LogP contribution in [0.4, 0.5) is 0 Å². The standard InChI is InChI=1S/C13H19NO/c1-2-3-9-13(15)11-14-10-12-7-5-4-6-8-12/h2,4-8,13-15H,1,3,9-11H2/t13-/m0/s1. The van der Waals surface area contributed by atoms with Gasteiger partial charge in [-0.2, -0.15) is 0 Å². The highest BCUT2D eigenvalue weighted by Gasteiger charge is 2.01. The maximum atomic E-state index is 9.55. The molecule has 82 valence electrons. The van der Waals surface area contributed by atoms with Crippen LogP contribution in [0.1, 0.15) is 18.4 Å². The zero-order valence-electron chi connectivity index (χ0n) is 9.02. The Morgan fingerprint density at radius 3 is 2.73 bits per heavy atom. The second-order valence-electron chi connectivity index (χ2n) is 3.64. The molecule has 1 rings (SSSR count). The molecule has 1 aromatic rings. The van der Waals surface area contributed by atoms with Crippen LogP contribution in [0.3, 0.4) is 0 Å². The van der Waals surface area contributed by atoms with Crippen LogP contribution in [-0.4, -0.2) is 17.8 Å². The Bertz CT molecular complexity index is 271. The quantitative estimate of drug-likeness (QED) is 0.668. The average Bonchev–Trinajstić information content (AvgIpc) is 2.28. The van der Waals surface area contributed by atoms with Crippen molar-refractivity contribution < 1.29 is 5.11 Å². The van der Waals surface area contributed by atoms with E-state index in [-0.39, 0.29) is 6.10 Å². The van der Waals surface area contributed by atoms with Gasteiger partial charge in [0, 0.05) is 13.1 Å². The van der Waals surface area contributed by atoms with Gasteiger partial charge in [-0.05, 0) is 18.4 Å². The van der Waals surface area contributed by atoms with Crippen molar-refractivity contribution >= 4 is 0 Å². The number of hydrogen-bond donors (Lipinski definition) is 2. The molecule has 2 nitrogen and oxygen atoms in total. The van der Waals surface area contributed by atoms with Crippen LogP contribution in [0, 0.1) is 0 Å². The third kappa shape index (κ3) is 5.35. The molecule has 0 aliphatic carbocycles. The fourth-order valence-electron chi connectivity index (χ4n) is 1.39. The van der Waals surface area contributed by atoms with Gasteiger partial charge >= 0.3 is 0 Å². The molecule has 2 heteroatoms. The molecule has 0 aliphatic rings. The highest BCUT2D eigenvalue weighted by Crippen LogP contribution is 1.99. The first kappa shape index (κ1) is 12.0. The van der Waals surface area contributed by atoms with E-state index in [0.29, 0.717) is 6.54 Å². The summed E-state index contributed by atoms with van der Waals surface area (Å²) < 4.78 is 0. The SMILES string of the molecule is C=CCC[C@H](O)CNCc1ccccc1. The summed E-state index contributed by atoms with van der Waals surface area (Å²) in [6, 6.07) is 10.2. The van der Waals surface area contributed by atoms with Crippen LogP contribution < -0.4 is 5.32 Å². The van der Waals surface area contributed by atoms with Crippen molar-refractivity contribution in [2.75, 3.05) is 6.54 Å². The number of benzene rings is 1. The summed E-state index contributed by atoms with van der Waals surface area (Å²) >= 11 is 0. The number of nitrogens with one attached hydrogen (secondary N) is 1. The molecule has 0 saturated carbocycles. The molecule has 0 aliphatic heterocycles. The molecule has 2 N–H and O–H groups in total. The van der Waals surface area contributed by atoms with Crippen LogP contribution in [0.15, 0.2) is 43.0 Å². The fourth-order valence-corrected chi connectivity index (χ4v) is 1.39. The van der Waals surface area contributed by atoms with Crippen LogP contribution >= 0.6 is 0 Å². The Labute approximate surface area is 91.6 Å². The second kappa shape index (κ2) is 7.21. The van der Waals surface area contributed by atoms with E-state index in [9.17, 15) is 5.11 Å². The number of aliphatic hydroxyl groups is 1. The molecule has 0 saturated heterocycles. The number of hydrogen-bond acceptors (Lipinski definition) is 2. The maximum absolute atomic E-state index is 9.55. The molecule has 0 fully saturated rings. The molecule has 1 aromatic carbocycles. The van der Waals surface area contributed by atoms with E-state index in [2.05, 4.69) is 24.0 Å². The lowest BCUT2D eigenvalue weighted by Gasteiger charge is -2.10. The van der Waals surface area contributed by atoms with Gasteiger partial charge in [0.1, 0.15) is 0 Å². The molecule has 0 unspecified atom stereocenters. The van der Waals surface area contributed by atoms with Gasteiger partial charge < -0.3 is 10.4 Å². The van der Waals surface area contributed by atoms with Gasteiger partial charge in [0.05, 0.1) is 6.10 Å². The van der Waals surface area contributed by atoms with Crippen molar-refractivity contribution in [1.82, 2.24) is 5.32 Å². The summed E-state index contributed by atoms with van der Waals surface area (Å²) in [4.78, 5) is 0. The smallest absolute Gasteiger partial charge is 0.0667 e. The Morgan fingerprint density at radius 1 is 1.33 bits per heavy atom. The van der Waals surface area contributed by atoms with E-state index in [4.69, 9.17) is 0 Å². The van der Waals surface area contributed by atoms with Crippen molar-refractivity contribution in [2.45, 2.75) is 25.5 Å². The van der Waals surface area contributed by atoms with Gasteiger partial charge in [0.25, 0.3) is 0 Å². The molecule has 0 radical (unpaired) electrons. The van der Waals surface area contributed by atoms with E-state index in [1.165, 1.54) is 5.56 Å². The minimum absolute atomic E-state index is 0.272. The van der Waals surface area contributed by atoms with Gasteiger partial charge in [0.15, 0.2) is 0 Å². The maximum Gasteiger partial charge on any atom is 0.0667 e. The molecule has 0 spiro atoms. The van der Waals surface area contributed by atoms with E-state index in [1.54, 1.807) is 0 Å². The number of allylic oxidation sites excluding steroid dienone is 1. The lowest BCUT2D eigenvalue weighted by molar-refractivity contribution is 0.162. The van der Waals surface area contributed by atoms with Crippen molar-refractivity contribution in [3.63, 3.8) is 0 Å². The minimum Gasteiger partial charge on any atom is -0.392 e. The van der Waals surface area contributed by atoms with Crippen LogP contribution in [-0.2, 0) is 6.54 Å². The first-order chi connectivity index (χ1) is 7.33. The van der Waals surface area contributed by atoms with Gasteiger partial charge in [-0.25, -0.2) is 0 Å². The molecule has 0 heterocycles. The molecular formula is C13H19NO. The minimum atomic E-state index is -0.272. The van der Waals surface area contributed by atoms with Crippen molar-refractivity contribution in [3.8, 4) is 0 Å². The van der Waals surface area contributed by atoms with E-state index < -0.39 is 0 Å². The monoisotopic (exact) mass is 205 g/mol. The van der Waals surface area contributed by atoms with E-state index >= 15 is 0 Å². The number of rotatable bonds is 7. The molecule has 0 bridgehead atoms. The van der Waals surface area contributed by atoms with Gasteiger partial charge in [0.2, 0.25) is 0 Å². The van der Waals surface area contributed by atoms with Gasteiger partial charge in [-0.15, -0.1) is 6.58 Å².